The van der Waals surface area contributed by atoms with Crippen molar-refractivity contribution in [2.24, 2.45) is 5.84 Å². The minimum absolute atomic E-state index is 0.226. The maximum atomic E-state index is 13.7. The molecule has 0 bridgehead atoms. The maximum Gasteiger partial charge on any atom is 0.126 e. The predicted octanol–water partition coefficient (Wildman–Crippen LogP) is 3.48. The molecule has 0 radical (unpaired) electrons. The van der Waals surface area contributed by atoms with Crippen LogP contribution in [0.25, 0.3) is 0 Å². The van der Waals surface area contributed by atoms with E-state index in [-0.39, 0.29) is 11.9 Å². The van der Waals surface area contributed by atoms with E-state index in [4.69, 9.17) is 10.6 Å². The Balaban J connectivity index is 2.22. The molecular weight excluding hydrogens is 267 g/mol. The third kappa shape index (κ3) is 3.80. The standard InChI is InChI=1S/C17H21FN2O/c1-3-10-21-15-8-6-13(7-9-15)17(20-19)14-5-4-12(2)16(18)11-14/h4-9,11,17,20H,3,10,19H2,1-2H3. The van der Waals surface area contributed by atoms with Crippen LogP contribution in [0.1, 0.15) is 36.1 Å². The minimum atomic E-state index is -0.250. The topological polar surface area (TPSA) is 47.3 Å². The average Bonchev–Trinajstić information content (AvgIpc) is 2.50. The van der Waals surface area contributed by atoms with Gasteiger partial charge in [0.05, 0.1) is 12.6 Å². The SMILES string of the molecule is CCCOc1ccc(C(NN)c2ccc(C)c(F)c2)cc1. The first-order valence-electron chi connectivity index (χ1n) is 7.10. The third-order valence-corrected chi connectivity index (χ3v) is 3.38. The van der Waals surface area contributed by atoms with Gasteiger partial charge in [-0.15, -0.1) is 0 Å². The molecule has 21 heavy (non-hydrogen) atoms. The Bertz CT molecular complexity index is 584. The van der Waals surface area contributed by atoms with Gasteiger partial charge in [0, 0.05) is 0 Å². The molecule has 112 valence electrons. The first-order valence-corrected chi connectivity index (χ1v) is 7.10. The molecule has 0 aliphatic carbocycles. The van der Waals surface area contributed by atoms with Crippen molar-refractivity contribution in [2.75, 3.05) is 6.61 Å². The quantitative estimate of drug-likeness (QED) is 0.632. The molecule has 0 saturated carbocycles. The van der Waals surface area contributed by atoms with Crippen molar-refractivity contribution in [3.63, 3.8) is 0 Å². The molecule has 2 aromatic rings. The molecule has 3 N–H and O–H groups in total. The molecule has 0 amide bonds. The van der Waals surface area contributed by atoms with Gasteiger partial charge in [0.2, 0.25) is 0 Å². The van der Waals surface area contributed by atoms with Crippen LogP contribution in [0.2, 0.25) is 0 Å². The van der Waals surface area contributed by atoms with Crippen LogP contribution in [0.5, 0.6) is 5.75 Å². The zero-order chi connectivity index (χ0) is 15.2. The predicted molar refractivity (Wildman–Crippen MR) is 82.5 cm³/mol. The Labute approximate surface area is 124 Å². The van der Waals surface area contributed by atoms with Gasteiger partial charge in [-0.3, -0.25) is 5.84 Å². The number of hydrogen-bond donors (Lipinski definition) is 2. The lowest BCUT2D eigenvalue weighted by Gasteiger charge is -2.18. The third-order valence-electron chi connectivity index (χ3n) is 3.38. The van der Waals surface area contributed by atoms with Gasteiger partial charge < -0.3 is 4.74 Å². The number of nitrogens with two attached hydrogens (primary N) is 1. The van der Waals surface area contributed by atoms with E-state index in [1.165, 1.54) is 6.07 Å². The molecule has 0 heterocycles. The lowest BCUT2D eigenvalue weighted by molar-refractivity contribution is 0.317. The molecule has 2 aromatic carbocycles. The molecule has 0 spiro atoms. The van der Waals surface area contributed by atoms with Crippen molar-refractivity contribution in [2.45, 2.75) is 26.3 Å². The molecule has 0 saturated heterocycles. The van der Waals surface area contributed by atoms with Crippen molar-refractivity contribution < 1.29 is 9.13 Å². The highest BCUT2D eigenvalue weighted by molar-refractivity contribution is 5.36. The van der Waals surface area contributed by atoms with Crippen molar-refractivity contribution in [1.82, 2.24) is 5.43 Å². The van der Waals surface area contributed by atoms with Crippen molar-refractivity contribution in [3.8, 4) is 5.75 Å². The number of hydrazine groups is 1. The highest BCUT2D eigenvalue weighted by Gasteiger charge is 2.13. The van der Waals surface area contributed by atoms with Crippen LogP contribution in [0, 0.1) is 12.7 Å². The smallest absolute Gasteiger partial charge is 0.126 e. The van der Waals surface area contributed by atoms with Gasteiger partial charge in [0.1, 0.15) is 11.6 Å². The number of rotatable bonds is 6. The van der Waals surface area contributed by atoms with Crippen LogP contribution >= 0.6 is 0 Å². The summed E-state index contributed by atoms with van der Waals surface area (Å²) in [5, 5.41) is 0. The molecule has 3 nitrogen and oxygen atoms in total. The number of aryl methyl sites for hydroxylation is 1. The number of halogens is 1. The first-order chi connectivity index (χ1) is 10.2. The Morgan fingerprint density at radius 3 is 2.38 bits per heavy atom. The molecule has 2 rings (SSSR count). The minimum Gasteiger partial charge on any atom is -0.494 e. The van der Waals surface area contributed by atoms with E-state index in [9.17, 15) is 4.39 Å². The fourth-order valence-corrected chi connectivity index (χ4v) is 2.15. The van der Waals surface area contributed by atoms with Gasteiger partial charge in [-0.05, 0) is 48.2 Å². The summed E-state index contributed by atoms with van der Waals surface area (Å²) in [5.41, 5.74) is 5.12. The lowest BCUT2D eigenvalue weighted by Crippen LogP contribution is -2.28. The summed E-state index contributed by atoms with van der Waals surface area (Å²) in [6.45, 7) is 4.50. The van der Waals surface area contributed by atoms with Crippen LogP contribution < -0.4 is 16.0 Å². The van der Waals surface area contributed by atoms with E-state index in [0.717, 1.165) is 23.3 Å². The van der Waals surface area contributed by atoms with Gasteiger partial charge in [-0.1, -0.05) is 31.2 Å². The van der Waals surface area contributed by atoms with Crippen LogP contribution in [0.15, 0.2) is 42.5 Å². The Morgan fingerprint density at radius 2 is 1.81 bits per heavy atom. The first kappa shape index (κ1) is 15.5. The van der Waals surface area contributed by atoms with E-state index in [1.807, 2.05) is 30.3 Å². The van der Waals surface area contributed by atoms with E-state index in [0.29, 0.717) is 12.2 Å². The summed E-state index contributed by atoms with van der Waals surface area (Å²) >= 11 is 0. The van der Waals surface area contributed by atoms with Crippen molar-refractivity contribution in [1.29, 1.82) is 0 Å². The molecular formula is C17H21FN2O. The fraction of sp³-hybridized carbons (Fsp3) is 0.294. The molecule has 0 aromatic heterocycles. The Hall–Kier alpha value is -1.91. The second kappa shape index (κ2) is 7.20. The second-order valence-electron chi connectivity index (χ2n) is 5.03. The summed E-state index contributed by atoms with van der Waals surface area (Å²) in [6, 6.07) is 12.6. The van der Waals surface area contributed by atoms with Gasteiger partial charge in [0.25, 0.3) is 0 Å². The number of hydrogen-bond acceptors (Lipinski definition) is 3. The molecule has 1 atom stereocenters. The molecule has 0 aliphatic heterocycles. The largest absolute Gasteiger partial charge is 0.494 e. The molecule has 1 unspecified atom stereocenters. The lowest BCUT2D eigenvalue weighted by atomic mass is 9.98. The second-order valence-corrected chi connectivity index (χ2v) is 5.03. The van der Waals surface area contributed by atoms with Crippen LogP contribution in [0.4, 0.5) is 4.39 Å². The van der Waals surface area contributed by atoms with Gasteiger partial charge in [-0.25, -0.2) is 9.82 Å². The maximum absolute atomic E-state index is 13.7. The summed E-state index contributed by atoms with van der Waals surface area (Å²) in [5.74, 6) is 6.24. The summed E-state index contributed by atoms with van der Waals surface area (Å²) in [7, 11) is 0. The number of ether oxygens (including phenoxy) is 1. The van der Waals surface area contributed by atoms with Crippen molar-refractivity contribution >= 4 is 0 Å². The highest BCUT2D eigenvalue weighted by atomic mass is 19.1. The van der Waals surface area contributed by atoms with Gasteiger partial charge >= 0.3 is 0 Å². The van der Waals surface area contributed by atoms with Gasteiger partial charge in [0.15, 0.2) is 0 Å². The zero-order valence-electron chi connectivity index (χ0n) is 12.4. The summed E-state index contributed by atoms with van der Waals surface area (Å²) in [4.78, 5) is 0. The molecule has 0 fully saturated rings. The Morgan fingerprint density at radius 1 is 1.14 bits per heavy atom. The van der Waals surface area contributed by atoms with E-state index in [1.54, 1.807) is 13.0 Å². The molecule has 4 heteroatoms. The van der Waals surface area contributed by atoms with Crippen LogP contribution in [-0.4, -0.2) is 6.61 Å². The van der Waals surface area contributed by atoms with Gasteiger partial charge in [-0.2, -0.15) is 0 Å². The fourth-order valence-electron chi connectivity index (χ4n) is 2.15. The monoisotopic (exact) mass is 288 g/mol. The highest BCUT2D eigenvalue weighted by Crippen LogP contribution is 2.25. The van der Waals surface area contributed by atoms with Crippen LogP contribution in [0.3, 0.4) is 0 Å². The number of nitrogens with one attached hydrogen (secondary N) is 1. The summed E-state index contributed by atoms with van der Waals surface area (Å²) < 4.78 is 19.3. The number of benzene rings is 2. The summed E-state index contributed by atoms with van der Waals surface area (Å²) in [6.07, 6.45) is 0.970. The van der Waals surface area contributed by atoms with E-state index in [2.05, 4.69) is 12.3 Å². The normalized spacial score (nSPS) is 12.2. The molecule has 0 aliphatic rings. The van der Waals surface area contributed by atoms with Crippen molar-refractivity contribution in [3.05, 3.63) is 65.0 Å². The average molecular weight is 288 g/mol. The van der Waals surface area contributed by atoms with E-state index >= 15 is 0 Å². The zero-order valence-corrected chi connectivity index (χ0v) is 12.4. The Kier molecular flexibility index (Phi) is 5.31. The van der Waals surface area contributed by atoms with Crippen LogP contribution in [-0.2, 0) is 0 Å². The van der Waals surface area contributed by atoms with E-state index < -0.39 is 0 Å².